The number of amides is 1. The number of hydrogen-bond donors (Lipinski definition) is 1. The van der Waals surface area contributed by atoms with Gasteiger partial charge < -0.3 is 4.98 Å². The highest BCUT2D eigenvalue weighted by molar-refractivity contribution is 14.1. The number of terminal acetylenes is 1. The average Bonchev–Trinajstić information content (AvgIpc) is 2.93. The third kappa shape index (κ3) is 1.66. The summed E-state index contributed by atoms with van der Waals surface area (Å²) < 4.78 is 0.996. The van der Waals surface area contributed by atoms with E-state index in [0.29, 0.717) is 18.8 Å². The van der Waals surface area contributed by atoms with Gasteiger partial charge in [0.15, 0.2) is 0 Å². The number of hydrogen-bond acceptors (Lipinski definition) is 3. The van der Waals surface area contributed by atoms with Crippen LogP contribution in [0, 0.1) is 21.8 Å². The van der Waals surface area contributed by atoms with Crippen LogP contribution in [0.1, 0.15) is 6.42 Å². The molecule has 1 atom stereocenters. The summed E-state index contributed by atoms with van der Waals surface area (Å²) in [5.41, 5.74) is 0.737. The van der Waals surface area contributed by atoms with Crippen molar-refractivity contribution in [3.8, 4) is 12.3 Å². The smallest absolute Gasteiger partial charge is 0.229 e. The Morgan fingerprint density at radius 2 is 2.39 bits per heavy atom. The number of rotatable bonds is 1. The molecule has 6 heteroatoms. The molecule has 0 aromatic carbocycles. The summed E-state index contributed by atoms with van der Waals surface area (Å²) >= 11 is 2.20. The van der Waals surface area contributed by atoms with Crippen molar-refractivity contribution in [1.82, 2.24) is 15.0 Å². The van der Waals surface area contributed by atoms with E-state index in [4.69, 9.17) is 6.42 Å². The summed E-state index contributed by atoms with van der Waals surface area (Å²) in [6.45, 7) is 0.530. The molecule has 1 aliphatic heterocycles. The van der Waals surface area contributed by atoms with Crippen LogP contribution < -0.4 is 4.90 Å². The highest BCUT2D eigenvalue weighted by atomic mass is 127. The van der Waals surface area contributed by atoms with E-state index in [9.17, 15) is 4.79 Å². The number of aromatic nitrogens is 3. The Hall–Kier alpha value is -1.62. The number of carbonyl (C=O) groups excluding carboxylic acids is 1. The van der Waals surface area contributed by atoms with Crippen LogP contribution in [0.15, 0.2) is 12.5 Å². The molecule has 0 bridgehead atoms. The van der Waals surface area contributed by atoms with Gasteiger partial charge >= 0.3 is 0 Å². The molecule has 2 aromatic rings. The minimum atomic E-state index is -0.0286. The van der Waals surface area contributed by atoms with Crippen LogP contribution in [0.2, 0.25) is 0 Å². The van der Waals surface area contributed by atoms with Gasteiger partial charge in [-0.2, -0.15) is 0 Å². The van der Waals surface area contributed by atoms with Crippen molar-refractivity contribution in [2.24, 2.45) is 5.92 Å². The molecule has 18 heavy (non-hydrogen) atoms. The molecule has 1 amide bonds. The zero-order chi connectivity index (χ0) is 12.7. The Morgan fingerprint density at radius 1 is 1.56 bits per heavy atom. The number of fused-ring (bicyclic) bond motifs is 1. The number of nitrogens with one attached hydrogen (secondary N) is 1. The second-order valence-electron chi connectivity index (χ2n) is 4.13. The molecule has 1 N–H and O–H groups in total. The Bertz CT molecular complexity index is 672. The normalized spacial score (nSPS) is 19.4. The molecule has 5 nitrogen and oxygen atoms in total. The molecule has 0 saturated carbocycles. The predicted molar refractivity (Wildman–Crippen MR) is 75.9 cm³/mol. The van der Waals surface area contributed by atoms with Gasteiger partial charge in [0.2, 0.25) is 5.91 Å². The van der Waals surface area contributed by atoms with Gasteiger partial charge in [0, 0.05) is 28.7 Å². The van der Waals surface area contributed by atoms with Crippen molar-refractivity contribution in [1.29, 1.82) is 0 Å². The summed E-state index contributed by atoms with van der Waals surface area (Å²) in [7, 11) is 0. The Morgan fingerprint density at radius 3 is 3.11 bits per heavy atom. The van der Waals surface area contributed by atoms with E-state index in [2.05, 4.69) is 43.5 Å². The van der Waals surface area contributed by atoms with Crippen molar-refractivity contribution >= 4 is 45.3 Å². The first kappa shape index (κ1) is 11.5. The molecule has 3 rings (SSSR count). The predicted octanol–water partition coefficient (Wildman–Crippen LogP) is 1.55. The number of H-pyrrole nitrogens is 1. The lowest BCUT2D eigenvalue weighted by Gasteiger charge is -2.15. The fraction of sp³-hybridized carbons (Fsp3) is 0.250. The Kier molecular flexibility index (Phi) is 2.70. The van der Waals surface area contributed by atoms with E-state index in [-0.39, 0.29) is 11.8 Å². The van der Waals surface area contributed by atoms with Crippen molar-refractivity contribution in [2.75, 3.05) is 11.4 Å². The fourth-order valence-corrected chi connectivity index (χ4v) is 2.79. The molecule has 90 valence electrons. The van der Waals surface area contributed by atoms with Crippen LogP contribution in [-0.4, -0.2) is 27.4 Å². The van der Waals surface area contributed by atoms with Crippen LogP contribution in [0.3, 0.4) is 0 Å². The van der Waals surface area contributed by atoms with E-state index in [1.165, 1.54) is 6.33 Å². The zero-order valence-corrected chi connectivity index (χ0v) is 11.5. The summed E-state index contributed by atoms with van der Waals surface area (Å²) in [4.78, 5) is 25.1. The molecule has 1 fully saturated rings. The van der Waals surface area contributed by atoms with Gasteiger partial charge in [-0.25, -0.2) is 9.97 Å². The van der Waals surface area contributed by atoms with Crippen molar-refractivity contribution in [3.63, 3.8) is 0 Å². The lowest BCUT2D eigenvalue weighted by atomic mass is 10.1. The van der Waals surface area contributed by atoms with Crippen LogP contribution in [0.25, 0.3) is 11.0 Å². The summed E-state index contributed by atoms with van der Waals surface area (Å²) in [6, 6.07) is 0. The van der Waals surface area contributed by atoms with Gasteiger partial charge in [-0.1, -0.05) is 0 Å². The Balaban J connectivity index is 2.13. The van der Waals surface area contributed by atoms with Gasteiger partial charge in [0.25, 0.3) is 0 Å². The topological polar surface area (TPSA) is 61.9 Å². The number of halogens is 1. The Labute approximate surface area is 117 Å². The van der Waals surface area contributed by atoms with Crippen LogP contribution in [0.4, 0.5) is 5.82 Å². The van der Waals surface area contributed by atoms with E-state index in [0.717, 1.165) is 14.6 Å². The van der Waals surface area contributed by atoms with Crippen LogP contribution >= 0.6 is 22.6 Å². The summed E-state index contributed by atoms with van der Waals surface area (Å²) in [5.74, 6) is 3.28. The van der Waals surface area contributed by atoms with Crippen molar-refractivity contribution in [3.05, 3.63) is 16.1 Å². The molecular formula is C12H9IN4O. The number of nitrogens with zero attached hydrogens (tertiary/aromatic N) is 3. The highest BCUT2D eigenvalue weighted by Crippen LogP contribution is 2.31. The second-order valence-corrected chi connectivity index (χ2v) is 5.29. The molecule has 0 aliphatic carbocycles. The summed E-state index contributed by atoms with van der Waals surface area (Å²) in [5, 5.41) is 0.879. The van der Waals surface area contributed by atoms with E-state index < -0.39 is 0 Å². The monoisotopic (exact) mass is 352 g/mol. The number of aromatic amines is 1. The maximum Gasteiger partial charge on any atom is 0.229 e. The van der Waals surface area contributed by atoms with Crippen LogP contribution in [-0.2, 0) is 4.79 Å². The van der Waals surface area contributed by atoms with Gasteiger partial charge in [-0.3, -0.25) is 9.69 Å². The third-order valence-corrected chi connectivity index (χ3v) is 3.87. The van der Waals surface area contributed by atoms with Crippen LogP contribution in [0.5, 0.6) is 0 Å². The zero-order valence-electron chi connectivity index (χ0n) is 9.35. The first-order valence-corrected chi connectivity index (χ1v) is 6.52. The largest absolute Gasteiger partial charge is 0.345 e. The van der Waals surface area contributed by atoms with Gasteiger partial charge in [-0.15, -0.1) is 12.3 Å². The average molecular weight is 352 g/mol. The minimum Gasteiger partial charge on any atom is -0.345 e. The van der Waals surface area contributed by atoms with Gasteiger partial charge in [0.1, 0.15) is 17.8 Å². The molecule has 2 aromatic heterocycles. The first-order chi connectivity index (χ1) is 8.70. The molecule has 1 unspecified atom stereocenters. The molecule has 3 heterocycles. The quantitative estimate of drug-likeness (QED) is 0.626. The molecule has 1 aliphatic rings. The number of anilines is 1. The number of carbonyl (C=O) groups is 1. The second kappa shape index (κ2) is 4.24. The summed E-state index contributed by atoms with van der Waals surface area (Å²) in [6.07, 6.45) is 9.09. The molecular weight excluding hydrogens is 343 g/mol. The lowest BCUT2D eigenvalue weighted by molar-refractivity contribution is -0.117. The van der Waals surface area contributed by atoms with Crippen molar-refractivity contribution in [2.45, 2.75) is 6.42 Å². The molecule has 1 saturated heterocycles. The minimum absolute atomic E-state index is 0.0231. The van der Waals surface area contributed by atoms with E-state index in [1.807, 2.05) is 6.20 Å². The third-order valence-electron chi connectivity index (χ3n) is 3.02. The molecule has 0 radical (unpaired) electrons. The molecule has 0 spiro atoms. The lowest BCUT2D eigenvalue weighted by Crippen LogP contribution is -2.25. The highest BCUT2D eigenvalue weighted by Gasteiger charge is 2.31. The maximum absolute atomic E-state index is 12.0. The first-order valence-electron chi connectivity index (χ1n) is 5.44. The van der Waals surface area contributed by atoms with Gasteiger partial charge in [0.05, 0.1) is 5.39 Å². The SMILES string of the molecule is C#CC1CC(=O)N(c2ncnc3[nH]cc(I)c23)C1. The van der Waals surface area contributed by atoms with E-state index in [1.54, 1.807) is 4.90 Å². The van der Waals surface area contributed by atoms with E-state index >= 15 is 0 Å². The maximum atomic E-state index is 12.0. The van der Waals surface area contributed by atoms with Gasteiger partial charge in [-0.05, 0) is 22.6 Å². The standard InChI is InChI=1S/C12H9IN4O/c1-2-7-3-9(18)17(5-7)12-10-8(13)4-14-11(10)15-6-16-12/h1,4,6-7H,3,5H2,(H,14,15,16). The van der Waals surface area contributed by atoms with Crippen molar-refractivity contribution < 1.29 is 4.79 Å². The fourth-order valence-electron chi connectivity index (χ4n) is 2.14.